The maximum absolute atomic E-state index is 12.6. The molecule has 0 saturated heterocycles. The van der Waals surface area contributed by atoms with Gasteiger partial charge in [-0.25, -0.2) is 0 Å². The molecule has 82 valence electrons. The Morgan fingerprint density at radius 3 is 2.80 bits per heavy atom. The Balaban J connectivity index is 2.47. The van der Waals surface area contributed by atoms with Gasteiger partial charge in [-0.05, 0) is 19.1 Å². The van der Waals surface area contributed by atoms with Gasteiger partial charge in [0.2, 0.25) is 0 Å². The fraction of sp³-hybridized carbons (Fsp3) is 0.400. The van der Waals surface area contributed by atoms with Crippen LogP contribution in [0, 0.1) is 0 Å². The molecule has 0 aliphatic carbocycles. The molecule has 1 aromatic carbocycles. The average molecular weight is 217 g/mol. The van der Waals surface area contributed by atoms with Gasteiger partial charge in [-0.2, -0.15) is 13.2 Å². The summed E-state index contributed by atoms with van der Waals surface area (Å²) in [5, 5.41) is 2.74. The van der Waals surface area contributed by atoms with E-state index in [4.69, 9.17) is 4.74 Å². The van der Waals surface area contributed by atoms with Gasteiger partial charge in [0.1, 0.15) is 11.9 Å². The van der Waals surface area contributed by atoms with E-state index in [9.17, 15) is 13.2 Å². The molecule has 1 heterocycles. The Morgan fingerprint density at radius 1 is 1.40 bits per heavy atom. The smallest absolute Gasteiger partial charge is 0.418 e. The lowest BCUT2D eigenvalue weighted by molar-refractivity contribution is -0.137. The van der Waals surface area contributed by atoms with Crippen LogP contribution in [0.5, 0.6) is 5.75 Å². The standard InChI is InChI=1S/C10H10F3NO/c1-6-5-14-9-7(10(11,12)13)3-2-4-8(9)15-6/h2-4,6,14H,5H2,1H3. The summed E-state index contributed by atoms with van der Waals surface area (Å²) in [5.74, 6) is 0.267. The summed E-state index contributed by atoms with van der Waals surface area (Å²) >= 11 is 0. The second-order valence-electron chi connectivity index (χ2n) is 3.49. The predicted octanol–water partition coefficient (Wildman–Crippen LogP) is 2.90. The van der Waals surface area contributed by atoms with E-state index in [1.54, 1.807) is 6.92 Å². The Kier molecular flexibility index (Phi) is 2.25. The van der Waals surface area contributed by atoms with E-state index < -0.39 is 11.7 Å². The molecule has 0 aromatic heterocycles. The highest BCUT2D eigenvalue weighted by Gasteiger charge is 2.35. The van der Waals surface area contributed by atoms with Gasteiger partial charge in [0, 0.05) is 0 Å². The first-order chi connectivity index (χ1) is 6.98. The van der Waals surface area contributed by atoms with Crippen LogP contribution in [0.2, 0.25) is 0 Å². The molecule has 1 aliphatic heterocycles. The number of anilines is 1. The number of benzene rings is 1. The highest BCUT2D eigenvalue weighted by Crippen LogP contribution is 2.41. The van der Waals surface area contributed by atoms with Crippen molar-refractivity contribution in [1.82, 2.24) is 0 Å². The predicted molar refractivity (Wildman–Crippen MR) is 50.0 cm³/mol. The molecule has 1 aromatic rings. The van der Waals surface area contributed by atoms with Gasteiger partial charge >= 0.3 is 6.18 Å². The van der Waals surface area contributed by atoms with E-state index in [1.807, 2.05) is 0 Å². The first-order valence-electron chi connectivity index (χ1n) is 4.59. The molecule has 0 radical (unpaired) electrons. The second-order valence-corrected chi connectivity index (χ2v) is 3.49. The summed E-state index contributed by atoms with van der Waals surface area (Å²) in [5.41, 5.74) is -0.630. The van der Waals surface area contributed by atoms with Crippen molar-refractivity contribution in [2.45, 2.75) is 19.2 Å². The number of halogens is 3. The van der Waals surface area contributed by atoms with Gasteiger partial charge in [0.15, 0.2) is 0 Å². The van der Waals surface area contributed by atoms with Crippen molar-refractivity contribution < 1.29 is 17.9 Å². The molecule has 0 spiro atoms. The molecule has 1 atom stereocenters. The monoisotopic (exact) mass is 217 g/mol. The molecule has 0 fully saturated rings. The maximum Gasteiger partial charge on any atom is 0.418 e. The van der Waals surface area contributed by atoms with Crippen molar-refractivity contribution >= 4 is 5.69 Å². The molecule has 1 aliphatic rings. The highest BCUT2D eigenvalue weighted by atomic mass is 19.4. The Bertz CT molecular complexity index is 375. The molecule has 2 rings (SSSR count). The second kappa shape index (κ2) is 3.32. The summed E-state index contributed by atoms with van der Waals surface area (Å²) < 4.78 is 43.0. The normalized spacial score (nSPS) is 20.1. The third-order valence-corrected chi connectivity index (χ3v) is 2.23. The molecule has 2 nitrogen and oxygen atoms in total. The van der Waals surface area contributed by atoms with Crippen LogP contribution in [0.25, 0.3) is 0 Å². The van der Waals surface area contributed by atoms with Gasteiger partial charge < -0.3 is 10.1 Å². The number of para-hydroxylation sites is 1. The zero-order valence-corrected chi connectivity index (χ0v) is 8.06. The number of hydrogen-bond donors (Lipinski definition) is 1. The van der Waals surface area contributed by atoms with Crippen molar-refractivity contribution in [1.29, 1.82) is 0 Å². The van der Waals surface area contributed by atoms with E-state index >= 15 is 0 Å². The van der Waals surface area contributed by atoms with Crippen LogP contribution >= 0.6 is 0 Å². The summed E-state index contributed by atoms with van der Waals surface area (Å²) in [7, 11) is 0. The Hall–Kier alpha value is -1.39. The van der Waals surface area contributed by atoms with Gasteiger partial charge in [0.05, 0.1) is 17.8 Å². The zero-order valence-electron chi connectivity index (χ0n) is 8.06. The molecule has 0 bridgehead atoms. The quantitative estimate of drug-likeness (QED) is 0.721. The number of alkyl halides is 3. The third kappa shape index (κ3) is 1.86. The summed E-state index contributed by atoms with van der Waals surface area (Å²) in [4.78, 5) is 0. The van der Waals surface area contributed by atoms with Crippen LogP contribution in [0.15, 0.2) is 18.2 Å². The van der Waals surface area contributed by atoms with Crippen molar-refractivity contribution in [3.63, 3.8) is 0 Å². The summed E-state index contributed by atoms with van der Waals surface area (Å²) in [6, 6.07) is 3.93. The van der Waals surface area contributed by atoms with E-state index in [-0.39, 0.29) is 17.5 Å². The van der Waals surface area contributed by atoms with Crippen LogP contribution in [-0.4, -0.2) is 12.6 Å². The van der Waals surface area contributed by atoms with Crippen LogP contribution < -0.4 is 10.1 Å². The number of fused-ring (bicyclic) bond motifs is 1. The van der Waals surface area contributed by atoms with E-state index in [2.05, 4.69) is 5.32 Å². The lowest BCUT2D eigenvalue weighted by atomic mass is 10.1. The van der Waals surface area contributed by atoms with Gasteiger partial charge in [0.25, 0.3) is 0 Å². The number of nitrogens with one attached hydrogen (secondary N) is 1. The molecule has 1 N–H and O–H groups in total. The SMILES string of the molecule is CC1CNc2c(cccc2C(F)(F)F)O1. The molecule has 1 unspecified atom stereocenters. The average Bonchev–Trinajstić information content (AvgIpc) is 2.15. The molecule has 0 saturated carbocycles. The van der Waals surface area contributed by atoms with Crippen molar-refractivity contribution in [3.8, 4) is 5.75 Å². The number of ether oxygens (including phenoxy) is 1. The van der Waals surface area contributed by atoms with Crippen molar-refractivity contribution in [2.75, 3.05) is 11.9 Å². The van der Waals surface area contributed by atoms with Crippen LogP contribution in [-0.2, 0) is 6.18 Å². The topological polar surface area (TPSA) is 21.3 Å². The first-order valence-corrected chi connectivity index (χ1v) is 4.59. The Morgan fingerprint density at radius 2 is 2.13 bits per heavy atom. The summed E-state index contributed by atoms with van der Waals surface area (Å²) in [6.45, 7) is 2.19. The minimum absolute atomic E-state index is 0.0445. The van der Waals surface area contributed by atoms with Crippen LogP contribution in [0.3, 0.4) is 0 Å². The first kappa shape index (κ1) is 10.1. The number of hydrogen-bond acceptors (Lipinski definition) is 2. The summed E-state index contributed by atoms with van der Waals surface area (Å²) in [6.07, 6.45) is -4.46. The fourth-order valence-electron chi connectivity index (χ4n) is 1.55. The highest BCUT2D eigenvalue weighted by molar-refractivity contribution is 5.64. The fourth-order valence-corrected chi connectivity index (χ4v) is 1.55. The molecular formula is C10H10F3NO. The molecule has 0 amide bonds. The van der Waals surface area contributed by atoms with Crippen molar-refractivity contribution in [3.05, 3.63) is 23.8 Å². The minimum atomic E-state index is -4.34. The zero-order chi connectivity index (χ0) is 11.1. The van der Waals surface area contributed by atoms with Gasteiger partial charge in [-0.3, -0.25) is 0 Å². The minimum Gasteiger partial charge on any atom is -0.487 e. The lowest BCUT2D eigenvalue weighted by Gasteiger charge is -2.27. The van der Waals surface area contributed by atoms with Crippen LogP contribution in [0.4, 0.5) is 18.9 Å². The third-order valence-electron chi connectivity index (χ3n) is 2.23. The molecular weight excluding hydrogens is 207 g/mol. The van der Waals surface area contributed by atoms with E-state index in [0.29, 0.717) is 6.54 Å². The van der Waals surface area contributed by atoms with Gasteiger partial charge in [-0.15, -0.1) is 0 Å². The largest absolute Gasteiger partial charge is 0.487 e. The molecule has 5 heteroatoms. The lowest BCUT2D eigenvalue weighted by Crippen LogP contribution is -2.29. The van der Waals surface area contributed by atoms with Crippen molar-refractivity contribution in [2.24, 2.45) is 0 Å². The maximum atomic E-state index is 12.6. The van der Waals surface area contributed by atoms with Gasteiger partial charge in [-0.1, -0.05) is 6.07 Å². The van der Waals surface area contributed by atoms with E-state index in [0.717, 1.165) is 6.07 Å². The molecule has 15 heavy (non-hydrogen) atoms. The number of rotatable bonds is 0. The van der Waals surface area contributed by atoms with E-state index in [1.165, 1.54) is 12.1 Å². The Labute approximate surface area is 85.0 Å². The van der Waals surface area contributed by atoms with Crippen LogP contribution in [0.1, 0.15) is 12.5 Å².